The van der Waals surface area contributed by atoms with Gasteiger partial charge >= 0.3 is 0 Å². The summed E-state index contributed by atoms with van der Waals surface area (Å²) in [6, 6.07) is 6.10. The van der Waals surface area contributed by atoms with Crippen molar-refractivity contribution in [2.75, 3.05) is 13.2 Å². The smallest absolute Gasteiger partial charge is 0.160 e. The van der Waals surface area contributed by atoms with Gasteiger partial charge < -0.3 is 14.6 Å². The first kappa shape index (κ1) is 11.6. The van der Waals surface area contributed by atoms with E-state index in [2.05, 4.69) is 0 Å². The van der Waals surface area contributed by atoms with Crippen LogP contribution >= 0.6 is 0 Å². The molecule has 3 heteroatoms. The lowest BCUT2D eigenvalue weighted by Gasteiger charge is -2.17. The molecule has 1 N–H and O–H groups in total. The second kappa shape index (κ2) is 4.95. The number of hydrogen-bond acceptors (Lipinski definition) is 3. The van der Waals surface area contributed by atoms with E-state index < -0.39 is 6.10 Å². The molecule has 0 amide bonds. The monoisotopic (exact) mass is 222 g/mol. The van der Waals surface area contributed by atoms with Crippen LogP contribution in [0, 0.1) is 13.8 Å². The SMILES string of the molecule is Cc1ccc(C)c(C(O)CC2OCCO2)c1. The molecule has 3 nitrogen and oxygen atoms in total. The molecule has 0 spiro atoms. The lowest BCUT2D eigenvalue weighted by molar-refractivity contribution is -0.0708. The second-order valence-corrected chi connectivity index (χ2v) is 4.28. The number of rotatable bonds is 3. The minimum absolute atomic E-state index is 0.255. The lowest BCUT2D eigenvalue weighted by atomic mass is 9.99. The Morgan fingerprint density at radius 3 is 2.69 bits per heavy atom. The van der Waals surface area contributed by atoms with Gasteiger partial charge in [-0.25, -0.2) is 0 Å². The summed E-state index contributed by atoms with van der Waals surface area (Å²) in [6.45, 7) is 5.29. The molecular weight excluding hydrogens is 204 g/mol. The number of ether oxygens (including phenoxy) is 2. The first-order chi connectivity index (χ1) is 7.66. The summed E-state index contributed by atoms with van der Waals surface area (Å²) in [6.07, 6.45) is -0.262. The molecule has 1 atom stereocenters. The predicted molar refractivity (Wildman–Crippen MR) is 61.2 cm³/mol. The maximum atomic E-state index is 10.1. The highest BCUT2D eigenvalue weighted by atomic mass is 16.7. The molecule has 0 aliphatic carbocycles. The molecule has 1 aromatic carbocycles. The first-order valence-corrected chi connectivity index (χ1v) is 5.65. The zero-order valence-corrected chi connectivity index (χ0v) is 9.77. The van der Waals surface area contributed by atoms with E-state index in [4.69, 9.17) is 9.47 Å². The largest absolute Gasteiger partial charge is 0.388 e. The molecule has 1 unspecified atom stereocenters. The summed E-state index contributed by atoms with van der Waals surface area (Å²) < 4.78 is 10.7. The van der Waals surface area contributed by atoms with E-state index in [0.717, 1.165) is 16.7 Å². The van der Waals surface area contributed by atoms with Crippen molar-refractivity contribution in [3.63, 3.8) is 0 Å². The fourth-order valence-corrected chi connectivity index (χ4v) is 1.97. The van der Waals surface area contributed by atoms with Crippen molar-refractivity contribution in [1.82, 2.24) is 0 Å². The molecule has 16 heavy (non-hydrogen) atoms. The fourth-order valence-electron chi connectivity index (χ4n) is 1.97. The van der Waals surface area contributed by atoms with Crippen LogP contribution in [0.3, 0.4) is 0 Å². The minimum Gasteiger partial charge on any atom is -0.388 e. The maximum absolute atomic E-state index is 10.1. The van der Waals surface area contributed by atoms with Crippen LogP contribution in [0.15, 0.2) is 18.2 Å². The van der Waals surface area contributed by atoms with E-state index in [-0.39, 0.29) is 6.29 Å². The van der Waals surface area contributed by atoms with Gasteiger partial charge in [0.05, 0.1) is 19.3 Å². The van der Waals surface area contributed by atoms with E-state index in [1.807, 2.05) is 32.0 Å². The quantitative estimate of drug-likeness (QED) is 0.851. The van der Waals surface area contributed by atoms with Crippen LogP contribution in [-0.4, -0.2) is 24.6 Å². The second-order valence-electron chi connectivity index (χ2n) is 4.28. The van der Waals surface area contributed by atoms with Crippen molar-refractivity contribution in [2.24, 2.45) is 0 Å². The average molecular weight is 222 g/mol. The van der Waals surface area contributed by atoms with E-state index in [0.29, 0.717) is 19.6 Å². The van der Waals surface area contributed by atoms with Crippen molar-refractivity contribution >= 4 is 0 Å². The molecule has 0 radical (unpaired) electrons. The molecule has 1 heterocycles. The summed E-state index contributed by atoms with van der Waals surface area (Å²) >= 11 is 0. The van der Waals surface area contributed by atoms with Gasteiger partial charge in [-0.2, -0.15) is 0 Å². The van der Waals surface area contributed by atoms with Crippen LogP contribution in [0.2, 0.25) is 0 Å². The summed E-state index contributed by atoms with van der Waals surface area (Å²) in [5.74, 6) is 0. The number of benzene rings is 1. The van der Waals surface area contributed by atoms with Crippen LogP contribution in [0.1, 0.15) is 29.2 Å². The lowest BCUT2D eigenvalue weighted by Crippen LogP contribution is -2.14. The van der Waals surface area contributed by atoms with E-state index in [1.54, 1.807) is 0 Å². The fraction of sp³-hybridized carbons (Fsp3) is 0.538. The Kier molecular flexibility index (Phi) is 3.59. The van der Waals surface area contributed by atoms with Gasteiger partial charge in [0, 0.05) is 6.42 Å². The highest BCUT2D eigenvalue weighted by molar-refractivity contribution is 5.32. The first-order valence-electron chi connectivity index (χ1n) is 5.65. The van der Waals surface area contributed by atoms with Gasteiger partial charge in [0.1, 0.15) is 0 Å². The average Bonchev–Trinajstić information content (AvgIpc) is 2.74. The highest BCUT2D eigenvalue weighted by Gasteiger charge is 2.21. The van der Waals surface area contributed by atoms with Crippen molar-refractivity contribution in [3.8, 4) is 0 Å². The van der Waals surface area contributed by atoms with Crippen LogP contribution in [0.4, 0.5) is 0 Å². The van der Waals surface area contributed by atoms with Gasteiger partial charge in [0.25, 0.3) is 0 Å². The third kappa shape index (κ3) is 2.61. The third-order valence-electron chi connectivity index (χ3n) is 2.90. The molecular formula is C13H18O3. The molecule has 1 aromatic rings. The van der Waals surface area contributed by atoms with Gasteiger partial charge in [-0.3, -0.25) is 0 Å². The van der Waals surface area contributed by atoms with Gasteiger partial charge in [0.2, 0.25) is 0 Å². The van der Waals surface area contributed by atoms with Gasteiger partial charge in [0.15, 0.2) is 6.29 Å². The summed E-state index contributed by atoms with van der Waals surface area (Å²) in [4.78, 5) is 0. The molecule has 0 bridgehead atoms. The van der Waals surface area contributed by atoms with Gasteiger partial charge in [-0.05, 0) is 25.0 Å². The molecule has 1 aliphatic rings. The zero-order valence-electron chi connectivity index (χ0n) is 9.77. The Morgan fingerprint density at radius 2 is 2.00 bits per heavy atom. The molecule has 0 aromatic heterocycles. The Morgan fingerprint density at radius 1 is 1.31 bits per heavy atom. The minimum atomic E-state index is -0.511. The molecule has 1 fully saturated rings. The molecule has 2 rings (SSSR count). The molecule has 1 saturated heterocycles. The normalized spacial score (nSPS) is 18.9. The van der Waals surface area contributed by atoms with Crippen molar-refractivity contribution in [2.45, 2.75) is 32.7 Å². The van der Waals surface area contributed by atoms with Crippen LogP contribution in [0.25, 0.3) is 0 Å². The summed E-state index contributed by atoms with van der Waals surface area (Å²) in [5.41, 5.74) is 3.24. The third-order valence-corrected chi connectivity index (χ3v) is 2.90. The topological polar surface area (TPSA) is 38.7 Å². The van der Waals surface area contributed by atoms with E-state index in [9.17, 15) is 5.11 Å². The van der Waals surface area contributed by atoms with Gasteiger partial charge in [-0.1, -0.05) is 23.8 Å². The van der Waals surface area contributed by atoms with Gasteiger partial charge in [-0.15, -0.1) is 0 Å². The van der Waals surface area contributed by atoms with E-state index in [1.165, 1.54) is 0 Å². The Labute approximate surface area is 96.0 Å². The summed E-state index contributed by atoms with van der Waals surface area (Å²) in [5, 5.41) is 10.1. The zero-order chi connectivity index (χ0) is 11.5. The predicted octanol–water partition coefficient (Wildman–Crippen LogP) is 2.10. The standard InChI is InChI=1S/C13H18O3/c1-9-3-4-10(2)11(7-9)12(14)8-13-15-5-6-16-13/h3-4,7,12-14H,5-6,8H2,1-2H3. The van der Waals surface area contributed by atoms with Crippen LogP contribution in [-0.2, 0) is 9.47 Å². The number of aliphatic hydroxyl groups excluding tert-OH is 1. The number of hydrogen-bond donors (Lipinski definition) is 1. The summed E-state index contributed by atoms with van der Waals surface area (Å²) in [7, 11) is 0. The number of aliphatic hydroxyl groups is 1. The Hall–Kier alpha value is -0.900. The maximum Gasteiger partial charge on any atom is 0.160 e. The Bertz CT molecular complexity index is 356. The van der Waals surface area contributed by atoms with Crippen molar-refractivity contribution in [3.05, 3.63) is 34.9 Å². The Balaban J connectivity index is 2.07. The molecule has 0 saturated carbocycles. The number of aryl methyl sites for hydroxylation is 2. The van der Waals surface area contributed by atoms with Crippen LogP contribution in [0.5, 0.6) is 0 Å². The van der Waals surface area contributed by atoms with Crippen molar-refractivity contribution < 1.29 is 14.6 Å². The highest BCUT2D eigenvalue weighted by Crippen LogP contribution is 2.25. The van der Waals surface area contributed by atoms with Crippen LogP contribution < -0.4 is 0 Å². The van der Waals surface area contributed by atoms with Crippen molar-refractivity contribution in [1.29, 1.82) is 0 Å². The van der Waals surface area contributed by atoms with E-state index >= 15 is 0 Å². The molecule has 1 aliphatic heterocycles. The molecule has 88 valence electrons.